The number of methoxy groups -OCH3 is 1. The predicted octanol–water partition coefficient (Wildman–Crippen LogP) is 0.459. The molecule has 1 saturated heterocycles. The van der Waals surface area contributed by atoms with Crippen molar-refractivity contribution >= 4 is 22.7 Å². The molecule has 1 atom stereocenters. The molecule has 106 valence electrons. The third-order valence-corrected chi connectivity index (χ3v) is 3.29. The van der Waals surface area contributed by atoms with Crippen molar-refractivity contribution in [3.05, 3.63) is 18.5 Å². The zero-order chi connectivity index (χ0) is 13.9. The number of hydrogen-bond donors (Lipinski definition) is 1. The molecule has 3 rings (SSSR count). The monoisotopic (exact) mass is 275 g/mol. The van der Waals surface area contributed by atoms with Gasteiger partial charge in [-0.05, 0) is 12.1 Å². The summed E-state index contributed by atoms with van der Waals surface area (Å²) < 4.78 is 10.8. The van der Waals surface area contributed by atoms with E-state index < -0.39 is 0 Å². The smallest absolute Gasteiger partial charge is 0.166 e. The van der Waals surface area contributed by atoms with E-state index in [9.17, 15) is 0 Å². The molecule has 1 aliphatic heterocycles. The van der Waals surface area contributed by atoms with Gasteiger partial charge in [-0.15, -0.1) is 0 Å². The topological polar surface area (TPSA) is 86.4 Å². The molecule has 1 aliphatic rings. The maximum atomic E-state index is 5.69. The van der Waals surface area contributed by atoms with Crippen LogP contribution in [0, 0.1) is 0 Å². The fraction of sp³-hybridized carbons (Fsp3) is 0.462. The lowest BCUT2D eigenvalue weighted by Crippen LogP contribution is -2.44. The van der Waals surface area contributed by atoms with Gasteiger partial charge in [0.05, 0.1) is 24.7 Å². The third-order valence-electron chi connectivity index (χ3n) is 3.29. The molecule has 0 amide bonds. The molecule has 7 nitrogen and oxygen atoms in total. The molecule has 0 bridgehead atoms. The molecule has 2 aromatic heterocycles. The summed E-state index contributed by atoms with van der Waals surface area (Å²) in [5, 5.41) is 0.903. The fourth-order valence-electron chi connectivity index (χ4n) is 2.39. The Balaban J connectivity index is 1.93. The number of anilines is 2. The molecule has 2 aromatic rings. The minimum Gasteiger partial charge on any atom is -0.384 e. The quantitative estimate of drug-likeness (QED) is 0.870. The summed E-state index contributed by atoms with van der Waals surface area (Å²) in [4.78, 5) is 15.0. The van der Waals surface area contributed by atoms with Crippen LogP contribution in [0.2, 0.25) is 0 Å². The number of hydrogen-bond acceptors (Lipinski definition) is 7. The minimum atomic E-state index is 0.0560. The molecule has 0 aliphatic carbocycles. The number of rotatable bonds is 3. The van der Waals surface area contributed by atoms with Crippen LogP contribution in [0.25, 0.3) is 11.0 Å². The summed E-state index contributed by atoms with van der Waals surface area (Å²) in [5.74, 6) is 1.33. The number of aromatic nitrogens is 3. The highest BCUT2D eigenvalue weighted by Crippen LogP contribution is 2.24. The number of morpholine rings is 1. The van der Waals surface area contributed by atoms with Crippen LogP contribution >= 0.6 is 0 Å². The second-order valence-electron chi connectivity index (χ2n) is 4.70. The first kappa shape index (κ1) is 13.0. The number of pyridine rings is 1. The lowest BCUT2D eigenvalue weighted by molar-refractivity contribution is -0.0101. The Bertz CT molecular complexity index is 604. The van der Waals surface area contributed by atoms with Crippen molar-refractivity contribution in [3.63, 3.8) is 0 Å². The highest BCUT2D eigenvalue weighted by Gasteiger charge is 2.23. The van der Waals surface area contributed by atoms with E-state index in [-0.39, 0.29) is 6.10 Å². The predicted molar refractivity (Wildman–Crippen MR) is 75.6 cm³/mol. The number of ether oxygens (including phenoxy) is 2. The molecule has 2 N–H and O–H groups in total. The summed E-state index contributed by atoms with van der Waals surface area (Å²) in [6, 6.07) is 3.68. The number of fused-ring (bicyclic) bond motifs is 1. The SMILES string of the molecule is COCC1CN(c2ncnc3nc(N)ccc23)CCO1. The second-order valence-corrected chi connectivity index (χ2v) is 4.70. The Morgan fingerprint density at radius 3 is 3.20 bits per heavy atom. The van der Waals surface area contributed by atoms with E-state index >= 15 is 0 Å². The zero-order valence-electron chi connectivity index (χ0n) is 11.3. The molecule has 0 radical (unpaired) electrons. The van der Waals surface area contributed by atoms with Gasteiger partial charge in [0.1, 0.15) is 18.0 Å². The number of nitrogen functional groups attached to an aromatic ring is 1. The highest BCUT2D eigenvalue weighted by molar-refractivity contribution is 5.87. The summed E-state index contributed by atoms with van der Waals surface area (Å²) in [5.41, 5.74) is 6.31. The van der Waals surface area contributed by atoms with Gasteiger partial charge >= 0.3 is 0 Å². The molecular weight excluding hydrogens is 258 g/mol. The first-order chi connectivity index (χ1) is 9.78. The van der Waals surface area contributed by atoms with Crippen molar-refractivity contribution in [1.82, 2.24) is 15.0 Å². The molecule has 0 saturated carbocycles. The Hall–Kier alpha value is -1.99. The maximum Gasteiger partial charge on any atom is 0.166 e. The van der Waals surface area contributed by atoms with Crippen LogP contribution in [0.15, 0.2) is 18.5 Å². The molecule has 0 spiro atoms. The van der Waals surface area contributed by atoms with Crippen molar-refractivity contribution in [2.24, 2.45) is 0 Å². The van der Waals surface area contributed by atoms with Crippen LogP contribution in [0.4, 0.5) is 11.6 Å². The van der Waals surface area contributed by atoms with Crippen molar-refractivity contribution < 1.29 is 9.47 Å². The second kappa shape index (κ2) is 5.56. The average molecular weight is 275 g/mol. The van der Waals surface area contributed by atoms with Gasteiger partial charge in [-0.3, -0.25) is 0 Å². The van der Waals surface area contributed by atoms with Crippen LogP contribution in [0.3, 0.4) is 0 Å². The number of nitrogens with two attached hydrogens (primary N) is 1. The molecule has 20 heavy (non-hydrogen) atoms. The lowest BCUT2D eigenvalue weighted by Gasteiger charge is -2.33. The Morgan fingerprint density at radius 1 is 1.45 bits per heavy atom. The van der Waals surface area contributed by atoms with E-state index in [0.29, 0.717) is 24.7 Å². The van der Waals surface area contributed by atoms with Crippen LogP contribution in [0.1, 0.15) is 0 Å². The first-order valence-electron chi connectivity index (χ1n) is 6.50. The summed E-state index contributed by atoms with van der Waals surface area (Å²) in [7, 11) is 1.68. The maximum absolute atomic E-state index is 5.69. The first-order valence-corrected chi connectivity index (χ1v) is 6.50. The van der Waals surface area contributed by atoms with Gasteiger partial charge in [-0.2, -0.15) is 0 Å². The third kappa shape index (κ3) is 2.50. The van der Waals surface area contributed by atoms with E-state index in [4.69, 9.17) is 15.2 Å². The summed E-state index contributed by atoms with van der Waals surface area (Å²) in [6.07, 6.45) is 1.57. The van der Waals surface area contributed by atoms with Gasteiger partial charge < -0.3 is 20.1 Å². The van der Waals surface area contributed by atoms with Gasteiger partial charge in [-0.25, -0.2) is 15.0 Å². The zero-order valence-corrected chi connectivity index (χ0v) is 11.3. The molecule has 7 heteroatoms. The molecule has 1 unspecified atom stereocenters. The van der Waals surface area contributed by atoms with E-state index in [1.165, 1.54) is 6.33 Å². The van der Waals surface area contributed by atoms with Crippen molar-refractivity contribution in [2.75, 3.05) is 44.0 Å². The van der Waals surface area contributed by atoms with E-state index in [0.717, 1.165) is 24.3 Å². The van der Waals surface area contributed by atoms with Gasteiger partial charge in [0.25, 0.3) is 0 Å². The van der Waals surface area contributed by atoms with Gasteiger partial charge in [0.2, 0.25) is 0 Å². The van der Waals surface area contributed by atoms with Gasteiger partial charge in [-0.1, -0.05) is 0 Å². The van der Waals surface area contributed by atoms with Crippen molar-refractivity contribution in [2.45, 2.75) is 6.10 Å². The van der Waals surface area contributed by atoms with Crippen LogP contribution in [-0.2, 0) is 9.47 Å². The Morgan fingerprint density at radius 2 is 2.35 bits per heavy atom. The molecule has 1 fully saturated rings. The van der Waals surface area contributed by atoms with Gasteiger partial charge in [0, 0.05) is 20.2 Å². The van der Waals surface area contributed by atoms with Crippen LogP contribution in [-0.4, -0.2) is 54.5 Å². The van der Waals surface area contributed by atoms with E-state index in [2.05, 4.69) is 19.9 Å². The normalized spacial score (nSPS) is 19.4. The lowest BCUT2D eigenvalue weighted by atomic mass is 10.2. The van der Waals surface area contributed by atoms with Crippen molar-refractivity contribution in [3.8, 4) is 0 Å². The summed E-state index contributed by atoms with van der Waals surface area (Å²) in [6.45, 7) is 2.76. The van der Waals surface area contributed by atoms with Crippen molar-refractivity contribution in [1.29, 1.82) is 0 Å². The minimum absolute atomic E-state index is 0.0560. The van der Waals surface area contributed by atoms with E-state index in [1.807, 2.05) is 6.07 Å². The van der Waals surface area contributed by atoms with Gasteiger partial charge in [0.15, 0.2) is 5.65 Å². The molecule has 3 heterocycles. The standard InChI is InChI=1S/C13H17N5O2/c1-19-7-9-6-18(4-5-20-9)13-10-2-3-11(14)17-12(10)15-8-16-13/h2-3,8-9H,4-7H2,1H3,(H2,14,15,16,17). The van der Waals surface area contributed by atoms with E-state index in [1.54, 1.807) is 13.2 Å². The van der Waals surface area contributed by atoms with Crippen LogP contribution < -0.4 is 10.6 Å². The highest BCUT2D eigenvalue weighted by atomic mass is 16.5. The Labute approximate surface area is 116 Å². The molecule has 0 aromatic carbocycles. The Kier molecular flexibility index (Phi) is 3.62. The average Bonchev–Trinajstić information content (AvgIpc) is 2.47. The largest absolute Gasteiger partial charge is 0.384 e. The molecular formula is C13H17N5O2. The summed E-state index contributed by atoms with van der Waals surface area (Å²) >= 11 is 0. The number of nitrogens with zero attached hydrogens (tertiary/aromatic N) is 4. The van der Waals surface area contributed by atoms with Crippen LogP contribution in [0.5, 0.6) is 0 Å². The fourth-order valence-corrected chi connectivity index (χ4v) is 2.39.